The minimum Gasteiger partial charge on any atom is -0.475 e. The van der Waals surface area contributed by atoms with Crippen LogP contribution in [-0.4, -0.2) is 50.2 Å². The van der Waals surface area contributed by atoms with Gasteiger partial charge in [0, 0.05) is 22.1 Å². The number of carbonyl (C=O) groups excluding carboxylic acids is 1. The SMILES string of the molecule is NC1CC(NC(=O)c2cn(Cc3ccc(Cl)cc3Cl)nn2)C1.O=C(O)C(F)(F)F. The van der Waals surface area contributed by atoms with Gasteiger partial charge in [0.15, 0.2) is 5.69 Å². The summed E-state index contributed by atoms with van der Waals surface area (Å²) in [6.45, 7) is 0.421. The highest BCUT2D eigenvalue weighted by Gasteiger charge is 2.38. The van der Waals surface area contributed by atoms with Crippen molar-refractivity contribution in [3.8, 4) is 0 Å². The van der Waals surface area contributed by atoms with Gasteiger partial charge in [0.05, 0.1) is 12.7 Å². The average Bonchev–Trinajstić information content (AvgIpc) is 3.04. The minimum atomic E-state index is -5.08. The number of carboxylic acid groups (broad SMARTS) is 1. The van der Waals surface area contributed by atoms with Crippen molar-refractivity contribution in [2.45, 2.75) is 37.6 Å². The number of amides is 1. The quantitative estimate of drug-likeness (QED) is 0.653. The number of hydrogen-bond donors (Lipinski definition) is 3. The van der Waals surface area contributed by atoms with Gasteiger partial charge >= 0.3 is 12.1 Å². The summed E-state index contributed by atoms with van der Waals surface area (Å²) in [6.07, 6.45) is -1.88. The van der Waals surface area contributed by atoms with E-state index in [0.29, 0.717) is 16.6 Å². The van der Waals surface area contributed by atoms with Crippen molar-refractivity contribution >= 4 is 35.1 Å². The van der Waals surface area contributed by atoms with E-state index in [4.69, 9.17) is 38.8 Å². The van der Waals surface area contributed by atoms with Crippen LogP contribution in [0.3, 0.4) is 0 Å². The maximum Gasteiger partial charge on any atom is 0.490 e. The van der Waals surface area contributed by atoms with Crippen molar-refractivity contribution in [3.05, 3.63) is 45.7 Å². The lowest BCUT2D eigenvalue weighted by atomic mass is 9.87. The molecule has 13 heteroatoms. The number of nitrogens with one attached hydrogen (secondary N) is 1. The molecule has 4 N–H and O–H groups in total. The standard InChI is InChI=1S/C14H15Cl2N5O.C2HF3O2/c15-9-2-1-8(12(16)3-9)6-21-7-13(19-20-21)14(22)18-11-4-10(17)5-11;3-2(4,5)1(6)7/h1-3,7,10-11H,4-6,17H2,(H,18,22);(H,6,7). The molecule has 1 aromatic carbocycles. The molecular formula is C16H16Cl2F3N5O3. The lowest BCUT2D eigenvalue weighted by molar-refractivity contribution is -0.192. The third kappa shape index (κ3) is 6.87. The number of aliphatic carboxylic acids is 1. The lowest BCUT2D eigenvalue weighted by Crippen LogP contribution is -2.50. The number of alkyl halides is 3. The Morgan fingerprint density at radius 3 is 2.45 bits per heavy atom. The summed E-state index contributed by atoms with van der Waals surface area (Å²) in [7, 11) is 0. The number of nitrogens with zero attached hydrogens (tertiary/aromatic N) is 3. The van der Waals surface area contributed by atoms with Crippen LogP contribution >= 0.6 is 23.2 Å². The third-order valence-corrected chi connectivity index (χ3v) is 4.46. The third-order valence-electron chi connectivity index (χ3n) is 3.87. The molecule has 1 aliphatic carbocycles. The minimum absolute atomic E-state index is 0.137. The molecule has 1 fully saturated rings. The van der Waals surface area contributed by atoms with E-state index in [2.05, 4.69) is 15.6 Å². The number of halogens is 5. The van der Waals surface area contributed by atoms with E-state index in [1.54, 1.807) is 23.0 Å². The molecule has 2 aromatic rings. The van der Waals surface area contributed by atoms with Gasteiger partial charge in [-0.2, -0.15) is 13.2 Å². The molecule has 0 aliphatic heterocycles. The van der Waals surface area contributed by atoms with Crippen LogP contribution in [0.5, 0.6) is 0 Å². The molecule has 1 heterocycles. The highest BCUT2D eigenvalue weighted by atomic mass is 35.5. The molecule has 29 heavy (non-hydrogen) atoms. The van der Waals surface area contributed by atoms with Gasteiger partial charge in [-0.1, -0.05) is 34.5 Å². The molecule has 8 nitrogen and oxygen atoms in total. The maximum atomic E-state index is 12.0. The van der Waals surface area contributed by atoms with E-state index in [-0.39, 0.29) is 23.7 Å². The van der Waals surface area contributed by atoms with Crippen LogP contribution in [0.2, 0.25) is 10.0 Å². The molecule has 1 aliphatic rings. The monoisotopic (exact) mass is 453 g/mol. The second kappa shape index (κ2) is 9.42. The van der Waals surface area contributed by atoms with E-state index in [1.807, 2.05) is 6.07 Å². The number of aromatic nitrogens is 3. The van der Waals surface area contributed by atoms with E-state index in [9.17, 15) is 18.0 Å². The summed E-state index contributed by atoms with van der Waals surface area (Å²) in [5.74, 6) is -2.99. The molecular weight excluding hydrogens is 438 g/mol. The smallest absolute Gasteiger partial charge is 0.475 e. The number of nitrogens with two attached hydrogens (primary N) is 1. The van der Waals surface area contributed by atoms with Gasteiger partial charge < -0.3 is 16.2 Å². The van der Waals surface area contributed by atoms with E-state index in [0.717, 1.165) is 18.4 Å². The van der Waals surface area contributed by atoms with Crippen molar-refractivity contribution in [1.29, 1.82) is 0 Å². The molecule has 0 spiro atoms. The van der Waals surface area contributed by atoms with E-state index < -0.39 is 12.1 Å². The van der Waals surface area contributed by atoms with Crippen molar-refractivity contribution in [3.63, 3.8) is 0 Å². The highest BCUT2D eigenvalue weighted by Crippen LogP contribution is 2.22. The number of benzene rings is 1. The Bertz CT molecular complexity index is 885. The fraction of sp³-hybridized carbons (Fsp3) is 0.375. The molecule has 0 saturated heterocycles. The molecule has 158 valence electrons. The molecule has 0 radical (unpaired) electrons. The predicted molar refractivity (Wildman–Crippen MR) is 97.7 cm³/mol. The zero-order chi connectivity index (χ0) is 21.8. The van der Waals surface area contributed by atoms with Gasteiger partial charge in [-0.25, -0.2) is 9.48 Å². The van der Waals surface area contributed by atoms with Gasteiger partial charge in [-0.15, -0.1) is 5.10 Å². The van der Waals surface area contributed by atoms with Gasteiger partial charge in [0.1, 0.15) is 0 Å². The number of carbonyl (C=O) groups is 2. The Balaban J connectivity index is 0.000000370. The number of carboxylic acids is 1. The van der Waals surface area contributed by atoms with Gasteiger partial charge in [0.2, 0.25) is 0 Å². The fourth-order valence-electron chi connectivity index (χ4n) is 2.34. The first-order valence-electron chi connectivity index (χ1n) is 8.16. The first kappa shape index (κ1) is 22.9. The summed E-state index contributed by atoms with van der Waals surface area (Å²) in [5.41, 5.74) is 6.83. The van der Waals surface area contributed by atoms with Crippen LogP contribution in [0.25, 0.3) is 0 Å². The largest absolute Gasteiger partial charge is 0.490 e. The van der Waals surface area contributed by atoms with Gasteiger partial charge in [-0.05, 0) is 30.5 Å². The molecule has 0 bridgehead atoms. The Morgan fingerprint density at radius 1 is 1.31 bits per heavy atom. The number of rotatable bonds is 4. The lowest BCUT2D eigenvalue weighted by Gasteiger charge is -2.32. The Labute approximate surface area is 172 Å². The normalized spacial score (nSPS) is 18.3. The van der Waals surface area contributed by atoms with E-state index >= 15 is 0 Å². The number of hydrogen-bond acceptors (Lipinski definition) is 5. The topological polar surface area (TPSA) is 123 Å². The van der Waals surface area contributed by atoms with Crippen LogP contribution < -0.4 is 11.1 Å². The zero-order valence-electron chi connectivity index (χ0n) is 14.7. The first-order valence-corrected chi connectivity index (χ1v) is 8.92. The summed E-state index contributed by atoms with van der Waals surface area (Å²) >= 11 is 12.0. The highest BCUT2D eigenvalue weighted by molar-refractivity contribution is 6.35. The first-order chi connectivity index (χ1) is 13.5. The van der Waals surface area contributed by atoms with Crippen molar-refractivity contribution in [2.75, 3.05) is 0 Å². The van der Waals surface area contributed by atoms with Crippen LogP contribution in [0.4, 0.5) is 13.2 Å². The molecule has 1 aromatic heterocycles. The van der Waals surface area contributed by atoms with Crippen molar-refractivity contribution in [2.24, 2.45) is 5.73 Å². The van der Waals surface area contributed by atoms with Crippen LogP contribution in [0.1, 0.15) is 28.9 Å². The summed E-state index contributed by atoms with van der Waals surface area (Å²) in [4.78, 5) is 20.9. The zero-order valence-corrected chi connectivity index (χ0v) is 16.2. The predicted octanol–water partition coefficient (Wildman–Crippen LogP) is 2.49. The summed E-state index contributed by atoms with van der Waals surface area (Å²) in [5, 5.41) is 19.0. The molecule has 1 saturated carbocycles. The van der Waals surface area contributed by atoms with Crippen LogP contribution in [0.15, 0.2) is 24.4 Å². The van der Waals surface area contributed by atoms with Crippen molar-refractivity contribution in [1.82, 2.24) is 20.3 Å². The molecule has 3 rings (SSSR count). The van der Waals surface area contributed by atoms with Gasteiger partial charge in [0.25, 0.3) is 5.91 Å². The Morgan fingerprint density at radius 2 is 1.93 bits per heavy atom. The molecule has 1 amide bonds. The molecule has 0 atom stereocenters. The Hall–Kier alpha value is -2.37. The second-order valence-electron chi connectivity index (χ2n) is 6.24. The van der Waals surface area contributed by atoms with E-state index in [1.165, 1.54) is 0 Å². The average molecular weight is 454 g/mol. The fourth-order valence-corrected chi connectivity index (χ4v) is 2.81. The maximum absolute atomic E-state index is 12.0. The Kier molecular flexibility index (Phi) is 7.44. The second-order valence-corrected chi connectivity index (χ2v) is 7.09. The summed E-state index contributed by atoms with van der Waals surface area (Å²) < 4.78 is 33.3. The van der Waals surface area contributed by atoms with Gasteiger partial charge in [-0.3, -0.25) is 4.79 Å². The van der Waals surface area contributed by atoms with Crippen LogP contribution in [0, 0.1) is 0 Å². The van der Waals surface area contributed by atoms with Crippen LogP contribution in [-0.2, 0) is 11.3 Å². The summed E-state index contributed by atoms with van der Waals surface area (Å²) in [6, 6.07) is 5.57. The van der Waals surface area contributed by atoms with Crippen molar-refractivity contribution < 1.29 is 27.9 Å². The molecule has 0 unspecified atom stereocenters.